The molecular formula is C22H33NO2. The van der Waals surface area contributed by atoms with Crippen molar-refractivity contribution < 1.29 is 9.53 Å². The van der Waals surface area contributed by atoms with E-state index in [1.165, 1.54) is 37.7 Å². The lowest BCUT2D eigenvalue weighted by Crippen LogP contribution is -2.49. The van der Waals surface area contributed by atoms with Crippen LogP contribution in [-0.2, 0) is 4.74 Å². The highest BCUT2D eigenvalue weighted by molar-refractivity contribution is 5.68. The van der Waals surface area contributed by atoms with Gasteiger partial charge in [-0.15, -0.1) is 0 Å². The molecule has 0 radical (unpaired) electrons. The molecule has 1 amide bonds. The highest BCUT2D eigenvalue weighted by Gasteiger charge is 2.67. The molecule has 1 saturated heterocycles. The molecule has 1 heterocycles. The minimum absolute atomic E-state index is 0.0375. The van der Waals surface area contributed by atoms with Crippen molar-refractivity contribution in [3.8, 4) is 0 Å². The number of carbonyl (C=O) groups is 1. The molecule has 7 unspecified atom stereocenters. The summed E-state index contributed by atoms with van der Waals surface area (Å²) in [7, 11) is 0. The van der Waals surface area contributed by atoms with Crippen LogP contribution in [0.1, 0.15) is 65.2 Å². The van der Waals surface area contributed by atoms with Crippen molar-refractivity contribution in [3.05, 3.63) is 11.6 Å². The van der Waals surface area contributed by atoms with Gasteiger partial charge in [-0.25, -0.2) is 4.79 Å². The molecule has 5 aliphatic rings. The second-order valence-electron chi connectivity index (χ2n) is 9.89. The van der Waals surface area contributed by atoms with E-state index >= 15 is 0 Å². The molecule has 0 spiro atoms. The van der Waals surface area contributed by atoms with Crippen LogP contribution in [0.5, 0.6) is 0 Å². The van der Waals surface area contributed by atoms with Gasteiger partial charge in [-0.1, -0.05) is 5.57 Å². The van der Waals surface area contributed by atoms with Gasteiger partial charge in [0.25, 0.3) is 0 Å². The van der Waals surface area contributed by atoms with Crippen molar-refractivity contribution in [2.45, 2.75) is 70.8 Å². The molecule has 5 rings (SSSR count). The van der Waals surface area contributed by atoms with Gasteiger partial charge >= 0.3 is 6.09 Å². The number of ether oxygens (including phenoxy) is 1. The number of rotatable bonds is 2. The molecule has 5 fully saturated rings. The lowest BCUT2D eigenvalue weighted by atomic mass is 9.65. The number of fused-ring (bicyclic) bond motifs is 9. The SMILES string of the molecule is CC(C)=CC1(OC(=O)N2CCCCC2)CC2CC1C1C3CCC(C3)C21. The lowest BCUT2D eigenvalue weighted by molar-refractivity contribution is -0.0536. The van der Waals surface area contributed by atoms with E-state index < -0.39 is 0 Å². The van der Waals surface area contributed by atoms with E-state index in [4.69, 9.17) is 4.74 Å². The summed E-state index contributed by atoms with van der Waals surface area (Å²) in [6, 6.07) is 0. The van der Waals surface area contributed by atoms with E-state index in [0.717, 1.165) is 61.9 Å². The molecule has 4 bridgehead atoms. The Morgan fingerprint density at radius 3 is 2.44 bits per heavy atom. The number of likely N-dealkylation sites (tertiary alicyclic amines) is 1. The van der Waals surface area contributed by atoms with Crippen LogP contribution in [0.25, 0.3) is 0 Å². The van der Waals surface area contributed by atoms with Gasteiger partial charge < -0.3 is 9.64 Å². The van der Waals surface area contributed by atoms with E-state index in [0.29, 0.717) is 5.92 Å². The van der Waals surface area contributed by atoms with Crippen LogP contribution in [0.4, 0.5) is 4.79 Å². The van der Waals surface area contributed by atoms with Gasteiger partial charge in [0, 0.05) is 19.0 Å². The molecule has 7 atom stereocenters. The van der Waals surface area contributed by atoms with Gasteiger partial charge in [0.2, 0.25) is 0 Å². The number of hydrogen-bond acceptors (Lipinski definition) is 2. The highest BCUT2D eigenvalue weighted by Crippen LogP contribution is 2.70. The van der Waals surface area contributed by atoms with Crippen LogP contribution in [0.3, 0.4) is 0 Å². The predicted molar refractivity (Wildman–Crippen MR) is 98.1 cm³/mol. The lowest BCUT2D eigenvalue weighted by Gasteiger charge is -2.45. The maximum absolute atomic E-state index is 12.9. The third kappa shape index (κ3) is 2.40. The minimum Gasteiger partial charge on any atom is -0.438 e. The topological polar surface area (TPSA) is 29.5 Å². The minimum atomic E-state index is -0.302. The number of nitrogens with zero attached hydrogens (tertiary/aromatic N) is 1. The number of carbonyl (C=O) groups excluding carboxylic acids is 1. The monoisotopic (exact) mass is 343 g/mol. The number of amides is 1. The summed E-state index contributed by atoms with van der Waals surface area (Å²) in [5.74, 6) is 5.09. The molecule has 0 N–H and O–H groups in total. The zero-order valence-corrected chi connectivity index (χ0v) is 15.9. The standard InChI is InChI=1S/C22H33NO2/c1-14(2)12-22(25-21(24)23-8-4-3-5-9-23)13-17-11-18(22)20-16-7-6-15(10-16)19(17)20/h12,15-20H,3-11,13H2,1-2H3. The average Bonchev–Trinajstić information content (AvgIpc) is 3.33. The van der Waals surface area contributed by atoms with Crippen LogP contribution >= 0.6 is 0 Å². The van der Waals surface area contributed by atoms with E-state index in [2.05, 4.69) is 19.9 Å². The molecule has 1 aliphatic heterocycles. The quantitative estimate of drug-likeness (QED) is 0.521. The van der Waals surface area contributed by atoms with Gasteiger partial charge in [0.1, 0.15) is 5.60 Å². The Hall–Kier alpha value is -0.990. The summed E-state index contributed by atoms with van der Waals surface area (Å²) in [6.45, 7) is 6.10. The zero-order chi connectivity index (χ0) is 17.2. The summed E-state index contributed by atoms with van der Waals surface area (Å²) in [4.78, 5) is 14.9. The summed E-state index contributed by atoms with van der Waals surface area (Å²) in [5.41, 5.74) is 1.00. The fourth-order valence-corrected chi connectivity index (χ4v) is 7.73. The van der Waals surface area contributed by atoms with Gasteiger partial charge in [-0.05, 0) is 101 Å². The second kappa shape index (κ2) is 5.76. The summed E-state index contributed by atoms with van der Waals surface area (Å²) in [6.07, 6.45) is 12.6. The fourth-order valence-electron chi connectivity index (χ4n) is 7.73. The first-order chi connectivity index (χ1) is 12.1. The van der Waals surface area contributed by atoms with Gasteiger partial charge in [0.15, 0.2) is 0 Å². The third-order valence-corrected chi connectivity index (χ3v) is 8.25. The zero-order valence-electron chi connectivity index (χ0n) is 15.9. The molecule has 3 heteroatoms. The molecule has 0 aromatic heterocycles. The van der Waals surface area contributed by atoms with Crippen LogP contribution in [0, 0.1) is 35.5 Å². The fraction of sp³-hybridized carbons (Fsp3) is 0.864. The maximum Gasteiger partial charge on any atom is 0.410 e. The Bertz CT molecular complexity index is 589. The summed E-state index contributed by atoms with van der Waals surface area (Å²) in [5, 5.41) is 0. The van der Waals surface area contributed by atoms with Gasteiger partial charge in [-0.3, -0.25) is 0 Å². The molecule has 138 valence electrons. The average molecular weight is 344 g/mol. The Balaban J connectivity index is 1.41. The summed E-state index contributed by atoms with van der Waals surface area (Å²) < 4.78 is 6.41. The van der Waals surface area contributed by atoms with E-state index in [1.807, 2.05) is 4.90 Å². The first-order valence-corrected chi connectivity index (χ1v) is 10.7. The highest BCUT2D eigenvalue weighted by atomic mass is 16.6. The number of piperidine rings is 1. The molecule has 0 aromatic rings. The van der Waals surface area contributed by atoms with Crippen molar-refractivity contribution >= 4 is 6.09 Å². The molecular weight excluding hydrogens is 310 g/mol. The van der Waals surface area contributed by atoms with Crippen LogP contribution in [-0.4, -0.2) is 29.7 Å². The molecule has 25 heavy (non-hydrogen) atoms. The predicted octanol–water partition coefficient (Wildman–Crippen LogP) is 5.02. The maximum atomic E-state index is 12.9. The largest absolute Gasteiger partial charge is 0.438 e. The van der Waals surface area contributed by atoms with Crippen molar-refractivity contribution in [1.29, 1.82) is 0 Å². The first kappa shape index (κ1) is 16.2. The van der Waals surface area contributed by atoms with Crippen LogP contribution in [0.15, 0.2) is 11.6 Å². The van der Waals surface area contributed by atoms with Gasteiger partial charge in [-0.2, -0.15) is 0 Å². The molecule has 4 aliphatic carbocycles. The Morgan fingerprint density at radius 1 is 1.00 bits per heavy atom. The Labute approximate surface area is 152 Å². The van der Waals surface area contributed by atoms with Crippen molar-refractivity contribution in [2.75, 3.05) is 13.1 Å². The number of hydrogen-bond donors (Lipinski definition) is 0. The van der Waals surface area contributed by atoms with Crippen molar-refractivity contribution in [3.63, 3.8) is 0 Å². The van der Waals surface area contributed by atoms with E-state index in [-0.39, 0.29) is 11.7 Å². The first-order valence-electron chi connectivity index (χ1n) is 10.7. The van der Waals surface area contributed by atoms with Gasteiger partial charge in [0.05, 0.1) is 0 Å². The summed E-state index contributed by atoms with van der Waals surface area (Å²) >= 11 is 0. The van der Waals surface area contributed by atoms with Crippen molar-refractivity contribution in [1.82, 2.24) is 4.90 Å². The molecule has 3 nitrogen and oxygen atoms in total. The molecule has 0 aromatic carbocycles. The Morgan fingerprint density at radius 2 is 1.72 bits per heavy atom. The van der Waals surface area contributed by atoms with Crippen molar-refractivity contribution in [2.24, 2.45) is 35.5 Å². The van der Waals surface area contributed by atoms with Crippen LogP contribution < -0.4 is 0 Å². The van der Waals surface area contributed by atoms with E-state index in [9.17, 15) is 4.79 Å². The number of allylic oxidation sites excluding steroid dienone is 1. The third-order valence-electron chi connectivity index (χ3n) is 8.25. The second-order valence-corrected chi connectivity index (χ2v) is 9.89. The molecule has 4 saturated carbocycles. The van der Waals surface area contributed by atoms with E-state index in [1.54, 1.807) is 0 Å². The van der Waals surface area contributed by atoms with Crippen LogP contribution in [0.2, 0.25) is 0 Å². The Kier molecular flexibility index (Phi) is 3.73. The smallest absolute Gasteiger partial charge is 0.410 e. The normalized spacial score (nSPS) is 47.0.